The summed E-state index contributed by atoms with van der Waals surface area (Å²) >= 11 is 1.63. The van der Waals surface area contributed by atoms with Crippen molar-refractivity contribution >= 4 is 11.3 Å². The molecule has 96 valence electrons. The molecule has 1 aromatic heterocycles. The molecule has 3 aromatic rings. The Kier molecular flexibility index (Phi) is 3.32. The van der Waals surface area contributed by atoms with Crippen molar-refractivity contribution < 1.29 is 0 Å². The molecule has 0 saturated carbocycles. The summed E-state index contributed by atoms with van der Waals surface area (Å²) in [5, 5.41) is 12.0. The number of rotatable bonds is 2. The van der Waals surface area contributed by atoms with Gasteiger partial charge in [0.1, 0.15) is 5.01 Å². The van der Waals surface area contributed by atoms with E-state index in [0.29, 0.717) is 5.56 Å². The van der Waals surface area contributed by atoms with Gasteiger partial charge in [-0.05, 0) is 24.6 Å². The maximum absolute atomic E-state index is 8.96. The average Bonchev–Trinajstić information content (AvgIpc) is 2.97. The van der Waals surface area contributed by atoms with Gasteiger partial charge < -0.3 is 0 Å². The normalized spacial score (nSPS) is 10.2. The van der Waals surface area contributed by atoms with Crippen LogP contribution in [0.15, 0.2) is 53.9 Å². The van der Waals surface area contributed by atoms with E-state index in [2.05, 4.69) is 25.1 Å². The van der Waals surface area contributed by atoms with Crippen LogP contribution < -0.4 is 0 Å². The Morgan fingerprint density at radius 1 is 1.10 bits per heavy atom. The average molecular weight is 276 g/mol. The number of benzene rings is 2. The topological polar surface area (TPSA) is 36.7 Å². The van der Waals surface area contributed by atoms with Gasteiger partial charge in [-0.3, -0.25) is 0 Å². The molecule has 0 amide bonds. The van der Waals surface area contributed by atoms with Crippen LogP contribution >= 0.6 is 11.3 Å². The highest BCUT2D eigenvalue weighted by Gasteiger charge is 2.08. The molecular weight excluding hydrogens is 264 g/mol. The van der Waals surface area contributed by atoms with Gasteiger partial charge in [-0.15, -0.1) is 11.3 Å². The lowest BCUT2D eigenvalue weighted by molar-refractivity contribution is 1.37. The smallest absolute Gasteiger partial charge is 0.124 e. The summed E-state index contributed by atoms with van der Waals surface area (Å²) in [6, 6.07) is 17.9. The van der Waals surface area contributed by atoms with E-state index in [1.165, 1.54) is 11.1 Å². The Morgan fingerprint density at radius 3 is 2.75 bits per heavy atom. The summed E-state index contributed by atoms with van der Waals surface area (Å²) in [7, 11) is 0. The first-order chi connectivity index (χ1) is 9.78. The molecule has 0 N–H and O–H groups in total. The fraction of sp³-hybridized carbons (Fsp3) is 0.0588. The zero-order valence-corrected chi connectivity index (χ0v) is 11.8. The number of aryl methyl sites for hydroxylation is 1. The first-order valence-electron chi connectivity index (χ1n) is 6.30. The van der Waals surface area contributed by atoms with Gasteiger partial charge in [-0.25, -0.2) is 4.98 Å². The third-order valence-corrected chi connectivity index (χ3v) is 4.04. The van der Waals surface area contributed by atoms with Crippen LogP contribution in [0.1, 0.15) is 11.1 Å². The number of hydrogen-bond acceptors (Lipinski definition) is 3. The van der Waals surface area contributed by atoms with Crippen LogP contribution in [0.4, 0.5) is 0 Å². The number of thiazole rings is 1. The quantitative estimate of drug-likeness (QED) is 0.682. The maximum atomic E-state index is 8.96. The van der Waals surface area contributed by atoms with Crippen molar-refractivity contribution in [2.45, 2.75) is 6.92 Å². The fourth-order valence-corrected chi connectivity index (χ4v) is 3.01. The lowest BCUT2D eigenvalue weighted by Gasteiger charge is -2.00. The van der Waals surface area contributed by atoms with Gasteiger partial charge >= 0.3 is 0 Å². The van der Waals surface area contributed by atoms with E-state index in [0.717, 1.165) is 16.3 Å². The molecule has 0 radical (unpaired) electrons. The maximum Gasteiger partial charge on any atom is 0.124 e. The number of nitrogens with zero attached hydrogens (tertiary/aromatic N) is 2. The van der Waals surface area contributed by atoms with E-state index in [-0.39, 0.29) is 0 Å². The minimum Gasteiger partial charge on any atom is -0.236 e. The van der Waals surface area contributed by atoms with Crippen molar-refractivity contribution in [1.29, 1.82) is 5.26 Å². The third kappa shape index (κ3) is 2.34. The van der Waals surface area contributed by atoms with E-state index in [1.807, 2.05) is 35.7 Å². The van der Waals surface area contributed by atoms with Gasteiger partial charge in [-0.2, -0.15) is 5.26 Å². The number of aromatic nitrogens is 1. The Balaban J connectivity index is 2.02. The van der Waals surface area contributed by atoms with Gasteiger partial charge in [0.05, 0.1) is 17.3 Å². The minimum atomic E-state index is 0.660. The monoisotopic (exact) mass is 276 g/mol. The molecule has 0 spiro atoms. The van der Waals surface area contributed by atoms with Crippen LogP contribution in [0.25, 0.3) is 21.8 Å². The summed E-state index contributed by atoms with van der Waals surface area (Å²) in [5.41, 5.74) is 4.96. The number of nitriles is 1. The first kappa shape index (κ1) is 12.6. The highest BCUT2D eigenvalue weighted by Crippen LogP contribution is 2.30. The Bertz CT molecular complexity index is 796. The van der Waals surface area contributed by atoms with Crippen molar-refractivity contribution in [2.24, 2.45) is 0 Å². The summed E-state index contributed by atoms with van der Waals surface area (Å²) in [5.74, 6) is 0. The number of hydrogen-bond donors (Lipinski definition) is 0. The van der Waals surface area contributed by atoms with Crippen LogP contribution in [-0.2, 0) is 0 Å². The zero-order valence-electron chi connectivity index (χ0n) is 11.0. The Morgan fingerprint density at radius 2 is 1.95 bits per heavy atom. The minimum absolute atomic E-state index is 0.660. The summed E-state index contributed by atoms with van der Waals surface area (Å²) in [4.78, 5) is 4.70. The summed E-state index contributed by atoms with van der Waals surface area (Å²) in [6.07, 6.45) is 0. The Hall–Kier alpha value is -2.44. The molecule has 0 atom stereocenters. The predicted molar refractivity (Wildman–Crippen MR) is 82.4 cm³/mol. The Labute approximate surface area is 122 Å². The second-order valence-corrected chi connectivity index (χ2v) is 5.40. The van der Waals surface area contributed by atoms with Crippen molar-refractivity contribution in [3.8, 4) is 27.9 Å². The fourth-order valence-electron chi connectivity index (χ4n) is 2.09. The molecular formula is C17H12N2S. The van der Waals surface area contributed by atoms with Crippen LogP contribution in [0.2, 0.25) is 0 Å². The van der Waals surface area contributed by atoms with Crippen molar-refractivity contribution in [1.82, 2.24) is 4.98 Å². The molecule has 0 unspecified atom stereocenters. The second-order valence-electron chi connectivity index (χ2n) is 4.55. The van der Waals surface area contributed by atoms with Gasteiger partial charge in [0.2, 0.25) is 0 Å². The van der Waals surface area contributed by atoms with Crippen LogP contribution in [0, 0.1) is 18.3 Å². The van der Waals surface area contributed by atoms with Gasteiger partial charge in [0.15, 0.2) is 0 Å². The van der Waals surface area contributed by atoms with Gasteiger partial charge in [-0.1, -0.05) is 36.4 Å². The molecule has 2 aromatic carbocycles. The SMILES string of the molecule is Cc1ccccc1-c1nc(-c2cccc(C#N)c2)cs1. The molecule has 3 heteroatoms. The largest absolute Gasteiger partial charge is 0.236 e. The highest BCUT2D eigenvalue weighted by atomic mass is 32.1. The van der Waals surface area contributed by atoms with E-state index < -0.39 is 0 Å². The van der Waals surface area contributed by atoms with Crippen LogP contribution in [0.5, 0.6) is 0 Å². The van der Waals surface area contributed by atoms with Gasteiger partial charge in [0.25, 0.3) is 0 Å². The molecule has 0 bridgehead atoms. The summed E-state index contributed by atoms with van der Waals surface area (Å²) < 4.78 is 0. The molecule has 20 heavy (non-hydrogen) atoms. The van der Waals surface area contributed by atoms with E-state index >= 15 is 0 Å². The molecule has 1 heterocycles. The molecule has 2 nitrogen and oxygen atoms in total. The van der Waals surface area contributed by atoms with E-state index in [1.54, 1.807) is 17.4 Å². The van der Waals surface area contributed by atoms with Crippen molar-refractivity contribution in [3.05, 3.63) is 65.0 Å². The summed E-state index contributed by atoms with van der Waals surface area (Å²) in [6.45, 7) is 2.09. The molecule has 3 rings (SSSR count). The van der Waals surface area contributed by atoms with Crippen molar-refractivity contribution in [3.63, 3.8) is 0 Å². The zero-order chi connectivity index (χ0) is 13.9. The third-order valence-electron chi connectivity index (χ3n) is 3.17. The van der Waals surface area contributed by atoms with E-state index in [9.17, 15) is 0 Å². The van der Waals surface area contributed by atoms with Gasteiger partial charge in [0, 0.05) is 16.5 Å². The van der Waals surface area contributed by atoms with Crippen molar-refractivity contribution in [2.75, 3.05) is 0 Å². The highest BCUT2D eigenvalue weighted by molar-refractivity contribution is 7.13. The molecule has 0 aliphatic heterocycles. The lowest BCUT2D eigenvalue weighted by Crippen LogP contribution is -1.83. The first-order valence-corrected chi connectivity index (χ1v) is 7.18. The van der Waals surface area contributed by atoms with Crippen LogP contribution in [-0.4, -0.2) is 4.98 Å². The molecule has 0 aliphatic rings. The predicted octanol–water partition coefficient (Wildman–Crippen LogP) is 4.66. The lowest BCUT2D eigenvalue weighted by atomic mass is 10.1. The molecule has 0 fully saturated rings. The molecule has 0 saturated heterocycles. The molecule has 0 aliphatic carbocycles. The van der Waals surface area contributed by atoms with E-state index in [4.69, 9.17) is 10.2 Å². The second kappa shape index (κ2) is 5.28. The van der Waals surface area contributed by atoms with Crippen LogP contribution in [0.3, 0.4) is 0 Å². The standard InChI is InChI=1S/C17H12N2S/c1-12-5-2-3-8-15(12)17-19-16(11-20-17)14-7-4-6-13(9-14)10-18/h2-9,11H,1H3.